The van der Waals surface area contributed by atoms with Gasteiger partial charge in [-0.3, -0.25) is 9.59 Å². The molecule has 0 atom stereocenters. The standard InChI is InChI=1S/C31H59N3O5/c1-33(2,28-31(37)38)26-21-25-32-30(36)24-18-16-14-12-10-8-6-5-7-9-11-13-15-17-22-29(35)23-19-20-27-34(3,4)39/h5-6,39H,7-28H2,1-4H3/p+2/b6-5+. The summed E-state index contributed by atoms with van der Waals surface area (Å²) in [7, 11) is 7.31. The van der Waals surface area contributed by atoms with Crippen LogP contribution in [-0.2, 0) is 14.4 Å². The minimum absolute atomic E-state index is 0.0200. The fourth-order valence-corrected chi connectivity index (χ4v) is 4.64. The molecule has 0 bridgehead atoms. The van der Waals surface area contributed by atoms with E-state index in [1.807, 2.05) is 14.1 Å². The van der Waals surface area contributed by atoms with Crippen LogP contribution in [0.1, 0.15) is 116 Å². The molecule has 0 aromatic heterocycles. The highest BCUT2D eigenvalue weighted by molar-refractivity contribution is 5.78. The number of nitrogens with one attached hydrogen (secondary N) is 1. The predicted octanol–water partition coefficient (Wildman–Crippen LogP) is 5.88. The Kier molecular flexibility index (Phi) is 21.9. The first-order valence-corrected chi connectivity index (χ1v) is 15.4. The van der Waals surface area contributed by atoms with Gasteiger partial charge >= 0.3 is 5.97 Å². The van der Waals surface area contributed by atoms with Crippen molar-refractivity contribution in [3.8, 4) is 0 Å². The molecule has 0 fully saturated rings. The summed E-state index contributed by atoms with van der Waals surface area (Å²) in [4.78, 5) is 34.7. The number of carbonyl (C=O) groups excluding carboxylic acids is 2. The number of carboxylic acids is 1. The van der Waals surface area contributed by atoms with Crippen molar-refractivity contribution in [1.82, 2.24) is 5.32 Å². The van der Waals surface area contributed by atoms with Gasteiger partial charge in [0.05, 0.1) is 34.7 Å². The van der Waals surface area contributed by atoms with Crippen molar-refractivity contribution in [3.05, 3.63) is 12.2 Å². The van der Waals surface area contributed by atoms with Gasteiger partial charge in [0.2, 0.25) is 5.91 Å². The number of hydroxylamine groups is 3. The molecule has 0 aliphatic carbocycles. The van der Waals surface area contributed by atoms with Gasteiger partial charge in [-0.2, -0.15) is 4.65 Å². The second-order valence-corrected chi connectivity index (χ2v) is 12.3. The van der Waals surface area contributed by atoms with Gasteiger partial charge in [-0.15, -0.1) is 0 Å². The second-order valence-electron chi connectivity index (χ2n) is 12.3. The molecule has 1 amide bonds. The fraction of sp³-hybridized carbons (Fsp3) is 0.839. The zero-order valence-electron chi connectivity index (χ0n) is 25.7. The third-order valence-corrected chi connectivity index (χ3v) is 7.00. The zero-order chi connectivity index (χ0) is 29.4. The maximum absolute atomic E-state index is 11.9. The number of hydrogen-bond acceptors (Lipinski definition) is 4. The minimum atomic E-state index is -0.796. The molecule has 3 N–H and O–H groups in total. The first-order chi connectivity index (χ1) is 18.4. The SMILES string of the molecule is C[N+](C)(O)CCCCC(=O)CCCCCCC/C=C/CCCCCCCC(=O)NCCC[N+](C)(C)CC(=O)O. The summed E-state index contributed by atoms with van der Waals surface area (Å²) in [6.07, 6.45) is 22.8. The van der Waals surface area contributed by atoms with E-state index in [4.69, 9.17) is 5.11 Å². The summed E-state index contributed by atoms with van der Waals surface area (Å²) in [6.45, 7) is 2.14. The van der Waals surface area contributed by atoms with E-state index >= 15 is 0 Å². The molecule has 0 heterocycles. The van der Waals surface area contributed by atoms with Crippen LogP contribution in [0.3, 0.4) is 0 Å². The van der Waals surface area contributed by atoms with E-state index < -0.39 is 5.97 Å². The van der Waals surface area contributed by atoms with Crippen LogP contribution < -0.4 is 5.32 Å². The smallest absolute Gasteiger partial charge is 0.359 e. The van der Waals surface area contributed by atoms with E-state index in [0.717, 1.165) is 64.3 Å². The third kappa shape index (κ3) is 29.0. The molecule has 0 aliphatic rings. The number of quaternary nitrogens is 2. The van der Waals surface area contributed by atoms with Crippen LogP contribution >= 0.6 is 0 Å². The second kappa shape index (κ2) is 23.0. The lowest BCUT2D eigenvalue weighted by Crippen LogP contribution is -2.45. The third-order valence-electron chi connectivity index (χ3n) is 7.00. The van der Waals surface area contributed by atoms with Crippen LogP contribution in [0, 0.1) is 0 Å². The van der Waals surface area contributed by atoms with Crippen LogP contribution in [0.4, 0.5) is 0 Å². The van der Waals surface area contributed by atoms with E-state index in [1.54, 1.807) is 14.1 Å². The number of carboxylic acid groups (broad SMARTS) is 1. The van der Waals surface area contributed by atoms with Gasteiger partial charge < -0.3 is 14.9 Å². The molecule has 0 aliphatic heterocycles. The van der Waals surface area contributed by atoms with Crippen molar-refractivity contribution in [1.29, 1.82) is 0 Å². The van der Waals surface area contributed by atoms with Crippen LogP contribution in [0.2, 0.25) is 0 Å². The molecule has 0 saturated heterocycles. The highest BCUT2D eigenvalue weighted by Crippen LogP contribution is 2.11. The Bertz CT molecular complexity index is 686. The van der Waals surface area contributed by atoms with Crippen LogP contribution in [-0.4, -0.2) is 91.5 Å². The maximum atomic E-state index is 11.9. The van der Waals surface area contributed by atoms with Gasteiger partial charge in [0.25, 0.3) is 0 Å². The molecular formula is C31H61N3O5+2. The quantitative estimate of drug-likeness (QED) is 0.0509. The van der Waals surface area contributed by atoms with Crippen molar-refractivity contribution in [2.75, 3.05) is 54.4 Å². The Morgan fingerprint density at radius 2 is 1.13 bits per heavy atom. The maximum Gasteiger partial charge on any atom is 0.359 e. The Labute approximate surface area is 239 Å². The van der Waals surface area contributed by atoms with E-state index in [0.29, 0.717) is 42.6 Å². The summed E-state index contributed by atoms with van der Waals surface area (Å²) in [5.74, 6) is -0.325. The molecule has 0 unspecified atom stereocenters. The van der Waals surface area contributed by atoms with Gasteiger partial charge in [-0.25, -0.2) is 10.0 Å². The van der Waals surface area contributed by atoms with Crippen molar-refractivity contribution in [2.45, 2.75) is 116 Å². The van der Waals surface area contributed by atoms with Crippen molar-refractivity contribution in [3.63, 3.8) is 0 Å². The number of nitrogens with zero attached hydrogens (tertiary/aromatic N) is 2. The number of Topliss-reactive ketones (excluding diaryl/α,β-unsaturated/α-hetero) is 1. The number of ketones is 1. The number of hydrogen-bond donors (Lipinski definition) is 3. The number of aliphatic carboxylic acids is 1. The lowest BCUT2D eigenvalue weighted by Gasteiger charge is -2.27. The molecule has 0 aromatic carbocycles. The van der Waals surface area contributed by atoms with Crippen molar-refractivity contribution < 1.29 is 33.8 Å². The van der Waals surface area contributed by atoms with Crippen LogP contribution in [0.25, 0.3) is 0 Å². The molecule has 0 spiro atoms. The van der Waals surface area contributed by atoms with Gasteiger partial charge in [0.1, 0.15) is 12.3 Å². The molecule has 39 heavy (non-hydrogen) atoms. The summed E-state index contributed by atoms with van der Waals surface area (Å²) in [5.41, 5.74) is 0. The van der Waals surface area contributed by atoms with Gasteiger partial charge in [0.15, 0.2) is 6.54 Å². The number of rotatable bonds is 27. The monoisotopic (exact) mass is 555 g/mol. The summed E-state index contributed by atoms with van der Waals surface area (Å²) >= 11 is 0. The number of allylic oxidation sites excluding steroid dienone is 2. The first-order valence-electron chi connectivity index (χ1n) is 15.4. The Hall–Kier alpha value is -1.77. The van der Waals surface area contributed by atoms with Gasteiger partial charge in [-0.05, 0) is 51.4 Å². The molecule has 0 radical (unpaired) electrons. The lowest BCUT2D eigenvalue weighted by molar-refractivity contribution is -1.07. The first kappa shape index (κ1) is 37.2. The molecule has 8 nitrogen and oxygen atoms in total. The average Bonchev–Trinajstić information content (AvgIpc) is 2.83. The molecule has 0 saturated carbocycles. The van der Waals surface area contributed by atoms with Crippen LogP contribution in [0.5, 0.6) is 0 Å². The van der Waals surface area contributed by atoms with Crippen molar-refractivity contribution in [2.24, 2.45) is 0 Å². The van der Waals surface area contributed by atoms with E-state index in [2.05, 4.69) is 17.5 Å². The number of amides is 1. The van der Waals surface area contributed by atoms with Gasteiger partial charge in [0, 0.05) is 32.2 Å². The normalized spacial score (nSPS) is 12.2. The number of likely N-dealkylation sites (N-methyl/N-ethyl adjacent to an activating group) is 1. The zero-order valence-corrected chi connectivity index (χ0v) is 25.7. The van der Waals surface area contributed by atoms with Gasteiger partial charge in [-0.1, -0.05) is 50.7 Å². The van der Waals surface area contributed by atoms with E-state index in [-0.39, 0.29) is 17.1 Å². The summed E-state index contributed by atoms with van der Waals surface area (Å²) < 4.78 is 0.408. The molecule has 8 heteroatoms. The number of carbonyl (C=O) groups is 3. The highest BCUT2D eigenvalue weighted by Gasteiger charge is 2.18. The lowest BCUT2D eigenvalue weighted by atomic mass is 10.0. The highest BCUT2D eigenvalue weighted by atomic mass is 16.5. The summed E-state index contributed by atoms with van der Waals surface area (Å²) in [6, 6.07) is 0. The summed E-state index contributed by atoms with van der Waals surface area (Å²) in [5, 5.41) is 21.5. The Morgan fingerprint density at radius 3 is 1.67 bits per heavy atom. The minimum Gasteiger partial charge on any atom is -0.477 e. The van der Waals surface area contributed by atoms with Crippen LogP contribution in [0.15, 0.2) is 12.2 Å². The average molecular weight is 556 g/mol. The predicted molar refractivity (Wildman–Crippen MR) is 159 cm³/mol. The Morgan fingerprint density at radius 1 is 0.641 bits per heavy atom. The molecule has 0 aromatic rings. The number of unbranched alkanes of at least 4 members (excludes halogenated alkanes) is 11. The topological polar surface area (TPSA) is 104 Å². The van der Waals surface area contributed by atoms with E-state index in [9.17, 15) is 19.6 Å². The Balaban J connectivity index is 3.41. The molecule has 228 valence electrons. The van der Waals surface area contributed by atoms with E-state index in [1.165, 1.54) is 38.5 Å². The fourth-order valence-electron chi connectivity index (χ4n) is 4.64. The molecule has 0 rings (SSSR count). The largest absolute Gasteiger partial charge is 0.477 e. The molecular weight excluding hydrogens is 494 g/mol. The van der Waals surface area contributed by atoms with Crippen molar-refractivity contribution >= 4 is 17.7 Å².